The maximum absolute atomic E-state index is 11.0. The molecule has 17 heavy (non-hydrogen) atoms. The third-order valence-corrected chi connectivity index (χ3v) is 2.60. The Morgan fingerprint density at radius 3 is 2.71 bits per heavy atom. The number of benzene rings is 1. The van der Waals surface area contributed by atoms with Crippen LogP contribution in [0.15, 0.2) is 18.2 Å². The van der Waals surface area contributed by atoms with Crippen molar-refractivity contribution in [3.63, 3.8) is 0 Å². The van der Waals surface area contributed by atoms with Gasteiger partial charge in [-0.3, -0.25) is 4.79 Å². The van der Waals surface area contributed by atoms with Gasteiger partial charge in [0, 0.05) is 24.8 Å². The second kappa shape index (κ2) is 6.40. The molecule has 1 rings (SSSR count). The van der Waals surface area contributed by atoms with E-state index >= 15 is 0 Å². The molecule has 0 aliphatic rings. The Labute approximate surface area is 103 Å². The van der Waals surface area contributed by atoms with Gasteiger partial charge in [-0.2, -0.15) is 0 Å². The Kier molecular flexibility index (Phi) is 5.16. The van der Waals surface area contributed by atoms with Crippen LogP contribution in [0.5, 0.6) is 0 Å². The summed E-state index contributed by atoms with van der Waals surface area (Å²) in [5, 5.41) is 0. The van der Waals surface area contributed by atoms with Crippen LogP contribution in [-0.4, -0.2) is 32.6 Å². The van der Waals surface area contributed by atoms with Crippen molar-refractivity contribution in [2.24, 2.45) is 0 Å². The van der Waals surface area contributed by atoms with E-state index < -0.39 is 0 Å². The van der Waals surface area contributed by atoms with E-state index in [1.165, 1.54) is 0 Å². The molecule has 1 aromatic rings. The smallest absolute Gasteiger partial charge is 0.152 e. The molecule has 0 aliphatic carbocycles. The molecule has 0 aliphatic heterocycles. The highest BCUT2D eigenvalue weighted by Crippen LogP contribution is 2.19. The number of hydrogen-bond donors (Lipinski definition) is 0. The Morgan fingerprint density at radius 1 is 1.41 bits per heavy atom. The standard InChI is InChI=1S/C14H21NO2/c1-11(2)17-8-7-15(4)14-6-5-12(3)9-13(14)10-16/h5-6,9-11H,7-8H2,1-4H3. The van der Waals surface area contributed by atoms with Crippen LogP contribution in [0.4, 0.5) is 5.69 Å². The minimum Gasteiger partial charge on any atom is -0.377 e. The van der Waals surface area contributed by atoms with Gasteiger partial charge < -0.3 is 9.64 Å². The molecule has 0 N–H and O–H groups in total. The van der Waals surface area contributed by atoms with Crippen LogP contribution < -0.4 is 4.90 Å². The molecule has 0 bridgehead atoms. The van der Waals surface area contributed by atoms with Crippen LogP contribution in [0.2, 0.25) is 0 Å². The van der Waals surface area contributed by atoms with E-state index in [0.717, 1.165) is 29.6 Å². The number of hydrogen-bond acceptors (Lipinski definition) is 3. The maximum atomic E-state index is 11.0. The number of carbonyl (C=O) groups excluding carboxylic acids is 1. The van der Waals surface area contributed by atoms with E-state index in [4.69, 9.17) is 4.74 Å². The fraction of sp³-hybridized carbons (Fsp3) is 0.500. The van der Waals surface area contributed by atoms with Crippen LogP contribution in [0.25, 0.3) is 0 Å². The van der Waals surface area contributed by atoms with Crippen LogP contribution in [-0.2, 0) is 4.74 Å². The van der Waals surface area contributed by atoms with Gasteiger partial charge in [0.25, 0.3) is 0 Å². The summed E-state index contributed by atoms with van der Waals surface area (Å²) in [5.74, 6) is 0. The molecule has 0 saturated heterocycles. The third-order valence-electron chi connectivity index (χ3n) is 2.60. The predicted molar refractivity (Wildman–Crippen MR) is 70.9 cm³/mol. The van der Waals surface area contributed by atoms with Crippen molar-refractivity contribution in [1.82, 2.24) is 0 Å². The number of aldehydes is 1. The summed E-state index contributed by atoms with van der Waals surface area (Å²) in [6.07, 6.45) is 1.15. The Balaban J connectivity index is 2.68. The molecule has 0 amide bonds. The second-order valence-electron chi connectivity index (χ2n) is 4.52. The van der Waals surface area contributed by atoms with E-state index in [0.29, 0.717) is 6.61 Å². The normalized spacial score (nSPS) is 10.6. The third kappa shape index (κ3) is 4.19. The lowest BCUT2D eigenvalue weighted by atomic mass is 10.1. The first-order valence-electron chi connectivity index (χ1n) is 5.93. The largest absolute Gasteiger partial charge is 0.377 e. The first kappa shape index (κ1) is 13.7. The van der Waals surface area contributed by atoms with E-state index in [-0.39, 0.29) is 6.10 Å². The van der Waals surface area contributed by atoms with E-state index in [1.54, 1.807) is 0 Å². The highest BCUT2D eigenvalue weighted by Gasteiger charge is 2.07. The van der Waals surface area contributed by atoms with E-state index in [9.17, 15) is 4.79 Å². The van der Waals surface area contributed by atoms with Gasteiger partial charge in [0.05, 0.1) is 12.7 Å². The fourth-order valence-corrected chi connectivity index (χ4v) is 1.66. The van der Waals surface area contributed by atoms with Gasteiger partial charge in [0.1, 0.15) is 0 Å². The zero-order chi connectivity index (χ0) is 12.8. The van der Waals surface area contributed by atoms with Gasteiger partial charge in [-0.25, -0.2) is 0 Å². The molecule has 3 nitrogen and oxygen atoms in total. The molecule has 3 heteroatoms. The number of carbonyl (C=O) groups is 1. The van der Waals surface area contributed by atoms with Gasteiger partial charge in [-0.1, -0.05) is 11.6 Å². The molecule has 0 radical (unpaired) electrons. The summed E-state index contributed by atoms with van der Waals surface area (Å²) in [6.45, 7) is 7.46. The zero-order valence-corrected chi connectivity index (χ0v) is 11.1. The highest BCUT2D eigenvalue weighted by molar-refractivity contribution is 5.84. The quantitative estimate of drug-likeness (QED) is 0.710. The molecular weight excluding hydrogens is 214 g/mol. The zero-order valence-electron chi connectivity index (χ0n) is 11.1. The van der Waals surface area contributed by atoms with Crippen molar-refractivity contribution in [2.45, 2.75) is 26.9 Å². The average molecular weight is 235 g/mol. The SMILES string of the molecule is Cc1ccc(N(C)CCOC(C)C)c(C=O)c1. The number of nitrogens with zero attached hydrogens (tertiary/aromatic N) is 1. The molecule has 0 heterocycles. The number of ether oxygens (including phenoxy) is 1. The predicted octanol–water partition coefficient (Wildman–Crippen LogP) is 2.67. The molecule has 0 aromatic heterocycles. The summed E-state index contributed by atoms with van der Waals surface area (Å²) in [7, 11) is 1.97. The molecule has 0 atom stereocenters. The summed E-state index contributed by atoms with van der Waals surface area (Å²) in [4.78, 5) is 13.1. The van der Waals surface area contributed by atoms with Gasteiger partial charge in [0.15, 0.2) is 6.29 Å². The number of anilines is 1. The molecular formula is C14H21NO2. The van der Waals surface area contributed by atoms with Crippen LogP contribution in [0.3, 0.4) is 0 Å². The summed E-state index contributed by atoms with van der Waals surface area (Å²) >= 11 is 0. The Hall–Kier alpha value is -1.35. The minimum absolute atomic E-state index is 0.243. The van der Waals surface area contributed by atoms with Crippen molar-refractivity contribution in [3.8, 4) is 0 Å². The molecule has 1 aromatic carbocycles. The number of likely N-dealkylation sites (N-methyl/N-ethyl adjacent to an activating group) is 1. The number of rotatable bonds is 6. The monoisotopic (exact) mass is 235 g/mol. The van der Waals surface area contributed by atoms with Gasteiger partial charge >= 0.3 is 0 Å². The van der Waals surface area contributed by atoms with Crippen molar-refractivity contribution >= 4 is 12.0 Å². The van der Waals surface area contributed by atoms with Gasteiger partial charge in [0.2, 0.25) is 0 Å². The highest BCUT2D eigenvalue weighted by atomic mass is 16.5. The number of aryl methyl sites for hydroxylation is 1. The fourth-order valence-electron chi connectivity index (χ4n) is 1.66. The molecule has 0 spiro atoms. The van der Waals surface area contributed by atoms with Crippen molar-refractivity contribution in [1.29, 1.82) is 0 Å². The Morgan fingerprint density at radius 2 is 2.12 bits per heavy atom. The molecule has 0 fully saturated rings. The Bertz CT molecular complexity index is 374. The lowest BCUT2D eigenvalue weighted by molar-refractivity contribution is 0.0845. The van der Waals surface area contributed by atoms with Gasteiger partial charge in [-0.05, 0) is 32.9 Å². The molecule has 0 saturated carbocycles. The van der Waals surface area contributed by atoms with Crippen molar-refractivity contribution < 1.29 is 9.53 Å². The second-order valence-corrected chi connectivity index (χ2v) is 4.52. The van der Waals surface area contributed by atoms with Crippen molar-refractivity contribution in [3.05, 3.63) is 29.3 Å². The summed E-state index contributed by atoms with van der Waals surface area (Å²) in [5.41, 5.74) is 2.79. The minimum atomic E-state index is 0.243. The lowest BCUT2D eigenvalue weighted by Gasteiger charge is -2.21. The van der Waals surface area contributed by atoms with E-state index in [1.807, 2.05) is 50.9 Å². The van der Waals surface area contributed by atoms with E-state index in [2.05, 4.69) is 0 Å². The first-order chi connectivity index (χ1) is 8.04. The lowest BCUT2D eigenvalue weighted by Crippen LogP contribution is -2.24. The maximum Gasteiger partial charge on any atom is 0.152 e. The molecule has 94 valence electrons. The van der Waals surface area contributed by atoms with Crippen LogP contribution in [0, 0.1) is 6.92 Å². The first-order valence-corrected chi connectivity index (χ1v) is 5.93. The van der Waals surface area contributed by atoms with Crippen LogP contribution in [0.1, 0.15) is 29.8 Å². The van der Waals surface area contributed by atoms with Crippen LogP contribution >= 0.6 is 0 Å². The average Bonchev–Trinajstić information content (AvgIpc) is 2.28. The summed E-state index contributed by atoms with van der Waals surface area (Å²) in [6, 6.07) is 5.90. The van der Waals surface area contributed by atoms with Crippen molar-refractivity contribution in [2.75, 3.05) is 25.1 Å². The van der Waals surface area contributed by atoms with Gasteiger partial charge in [-0.15, -0.1) is 0 Å². The molecule has 0 unspecified atom stereocenters. The topological polar surface area (TPSA) is 29.5 Å². The summed E-state index contributed by atoms with van der Waals surface area (Å²) < 4.78 is 5.50.